The Morgan fingerprint density at radius 3 is 2.92 bits per heavy atom. The van der Waals surface area contributed by atoms with Gasteiger partial charge in [0.25, 0.3) is 5.91 Å². The van der Waals surface area contributed by atoms with Crippen molar-refractivity contribution in [2.75, 3.05) is 26.8 Å². The number of ether oxygens (including phenoxy) is 1. The predicted octanol–water partition coefficient (Wildman–Crippen LogP) is 2.25. The maximum absolute atomic E-state index is 12.7. The summed E-state index contributed by atoms with van der Waals surface area (Å²) in [6.07, 6.45) is 5.77. The summed E-state index contributed by atoms with van der Waals surface area (Å²) in [5.74, 6) is 1.44. The lowest BCUT2D eigenvalue weighted by Crippen LogP contribution is -2.39. The number of likely N-dealkylation sites (tertiary alicyclic amines) is 1. The molecule has 6 heteroatoms. The monoisotopic (exact) mass is 329 g/mol. The number of piperidine rings is 1. The normalized spacial score (nSPS) is 17.9. The molecule has 2 aromatic rings. The van der Waals surface area contributed by atoms with Crippen molar-refractivity contribution in [3.05, 3.63) is 48.0 Å². The zero-order chi connectivity index (χ0) is 16.9. The van der Waals surface area contributed by atoms with Gasteiger partial charge in [0.15, 0.2) is 0 Å². The van der Waals surface area contributed by atoms with Crippen LogP contribution in [0.3, 0.4) is 0 Å². The molecule has 1 aliphatic rings. The van der Waals surface area contributed by atoms with Crippen LogP contribution in [-0.4, -0.2) is 52.3 Å². The summed E-state index contributed by atoms with van der Waals surface area (Å²) in [5.41, 5.74) is 0.608. The summed E-state index contributed by atoms with van der Waals surface area (Å²) in [4.78, 5) is 19.1. The van der Waals surface area contributed by atoms with Crippen molar-refractivity contribution < 1.29 is 14.6 Å². The number of methoxy groups -OCH3 is 1. The highest BCUT2D eigenvalue weighted by molar-refractivity contribution is 5.94. The largest absolute Gasteiger partial charge is 0.508 e. The molecular weight excluding hydrogens is 306 g/mol. The van der Waals surface area contributed by atoms with Gasteiger partial charge in [0, 0.05) is 50.6 Å². The zero-order valence-corrected chi connectivity index (χ0v) is 13.9. The van der Waals surface area contributed by atoms with E-state index in [0.29, 0.717) is 18.7 Å². The van der Waals surface area contributed by atoms with Crippen molar-refractivity contribution in [2.45, 2.75) is 25.3 Å². The third kappa shape index (κ3) is 3.59. The van der Waals surface area contributed by atoms with Crippen LogP contribution in [0.1, 0.15) is 34.9 Å². The van der Waals surface area contributed by atoms with E-state index in [9.17, 15) is 9.90 Å². The number of carbonyl (C=O) groups excluding carboxylic acids is 1. The summed E-state index contributed by atoms with van der Waals surface area (Å²) in [6, 6.07) is 6.43. The second-order valence-corrected chi connectivity index (χ2v) is 6.11. The minimum atomic E-state index is 0.00898. The van der Waals surface area contributed by atoms with Gasteiger partial charge in [0.1, 0.15) is 11.6 Å². The Bertz CT molecular complexity index is 681. The number of amides is 1. The van der Waals surface area contributed by atoms with E-state index in [1.165, 1.54) is 0 Å². The van der Waals surface area contributed by atoms with E-state index >= 15 is 0 Å². The average molecular weight is 329 g/mol. The quantitative estimate of drug-likeness (QED) is 0.913. The number of phenols is 1. The lowest BCUT2D eigenvalue weighted by atomic mass is 9.96. The summed E-state index contributed by atoms with van der Waals surface area (Å²) in [6.45, 7) is 2.85. The number of hydrogen-bond acceptors (Lipinski definition) is 4. The first-order valence-electron chi connectivity index (χ1n) is 8.27. The van der Waals surface area contributed by atoms with E-state index < -0.39 is 0 Å². The number of imidazole rings is 1. The molecule has 1 saturated heterocycles. The van der Waals surface area contributed by atoms with Crippen molar-refractivity contribution >= 4 is 5.91 Å². The molecule has 1 amide bonds. The van der Waals surface area contributed by atoms with E-state index in [2.05, 4.69) is 9.55 Å². The van der Waals surface area contributed by atoms with Gasteiger partial charge in [-0.05, 0) is 37.1 Å². The Labute approximate surface area is 141 Å². The maximum Gasteiger partial charge on any atom is 0.253 e. The molecule has 1 aliphatic heterocycles. The molecule has 1 aromatic heterocycles. The van der Waals surface area contributed by atoms with E-state index in [-0.39, 0.29) is 17.6 Å². The lowest BCUT2D eigenvalue weighted by molar-refractivity contribution is 0.0702. The van der Waals surface area contributed by atoms with Crippen LogP contribution >= 0.6 is 0 Å². The van der Waals surface area contributed by atoms with Gasteiger partial charge in [-0.25, -0.2) is 4.98 Å². The molecule has 0 radical (unpaired) electrons. The molecule has 128 valence electrons. The molecule has 3 rings (SSSR count). The van der Waals surface area contributed by atoms with Crippen molar-refractivity contribution in [2.24, 2.45) is 0 Å². The number of nitrogens with zero attached hydrogens (tertiary/aromatic N) is 3. The number of benzene rings is 1. The van der Waals surface area contributed by atoms with Crippen LogP contribution in [0.4, 0.5) is 0 Å². The SMILES string of the molecule is COCCn1ccnc1[C@H]1CCCN(C(=O)c2ccc(O)cc2)C1. The first-order valence-corrected chi connectivity index (χ1v) is 8.27. The van der Waals surface area contributed by atoms with Crippen LogP contribution in [-0.2, 0) is 11.3 Å². The van der Waals surface area contributed by atoms with E-state index in [1.807, 2.05) is 17.3 Å². The number of aromatic hydroxyl groups is 1. The van der Waals surface area contributed by atoms with Crippen LogP contribution in [0.15, 0.2) is 36.7 Å². The van der Waals surface area contributed by atoms with Gasteiger partial charge in [-0.2, -0.15) is 0 Å². The minimum Gasteiger partial charge on any atom is -0.508 e. The molecular formula is C18H23N3O3. The first kappa shape index (κ1) is 16.5. The number of aromatic nitrogens is 2. The standard InChI is InChI=1S/C18H23N3O3/c1-24-12-11-20-10-8-19-17(20)15-3-2-9-21(13-15)18(23)14-4-6-16(22)7-5-14/h4-8,10,15,22H,2-3,9,11-13H2,1H3/t15-/m0/s1. The van der Waals surface area contributed by atoms with Gasteiger partial charge in [-0.1, -0.05) is 0 Å². The molecule has 0 spiro atoms. The molecule has 0 aliphatic carbocycles. The highest BCUT2D eigenvalue weighted by Crippen LogP contribution is 2.27. The van der Waals surface area contributed by atoms with Gasteiger partial charge in [0.05, 0.1) is 6.61 Å². The van der Waals surface area contributed by atoms with Crippen molar-refractivity contribution in [3.63, 3.8) is 0 Å². The smallest absolute Gasteiger partial charge is 0.253 e. The molecule has 24 heavy (non-hydrogen) atoms. The van der Waals surface area contributed by atoms with Crippen LogP contribution < -0.4 is 0 Å². The molecule has 1 N–H and O–H groups in total. The molecule has 6 nitrogen and oxygen atoms in total. The highest BCUT2D eigenvalue weighted by atomic mass is 16.5. The molecule has 2 heterocycles. The summed E-state index contributed by atoms with van der Waals surface area (Å²) >= 11 is 0. The number of hydrogen-bond donors (Lipinski definition) is 1. The van der Waals surface area contributed by atoms with Crippen LogP contribution in [0.25, 0.3) is 0 Å². The summed E-state index contributed by atoms with van der Waals surface area (Å²) in [7, 11) is 1.69. The summed E-state index contributed by atoms with van der Waals surface area (Å²) in [5, 5.41) is 9.37. The Morgan fingerprint density at radius 2 is 2.17 bits per heavy atom. The second-order valence-electron chi connectivity index (χ2n) is 6.11. The van der Waals surface area contributed by atoms with E-state index in [0.717, 1.165) is 31.8 Å². The predicted molar refractivity (Wildman–Crippen MR) is 90.1 cm³/mol. The average Bonchev–Trinajstić information content (AvgIpc) is 3.08. The van der Waals surface area contributed by atoms with Crippen molar-refractivity contribution in [3.8, 4) is 5.75 Å². The highest BCUT2D eigenvalue weighted by Gasteiger charge is 2.27. The Kier molecular flexibility index (Phi) is 5.15. The van der Waals surface area contributed by atoms with E-state index in [4.69, 9.17) is 4.74 Å². The van der Waals surface area contributed by atoms with Crippen LogP contribution in [0.2, 0.25) is 0 Å². The summed E-state index contributed by atoms with van der Waals surface area (Å²) < 4.78 is 7.26. The van der Waals surface area contributed by atoms with Gasteiger partial charge < -0.3 is 19.3 Å². The first-order chi connectivity index (χ1) is 11.7. The Morgan fingerprint density at radius 1 is 1.38 bits per heavy atom. The van der Waals surface area contributed by atoms with Crippen LogP contribution in [0, 0.1) is 0 Å². The Hall–Kier alpha value is -2.34. The molecule has 0 unspecified atom stereocenters. The van der Waals surface area contributed by atoms with Gasteiger partial charge >= 0.3 is 0 Å². The minimum absolute atomic E-state index is 0.00898. The molecule has 1 fully saturated rings. The molecule has 0 bridgehead atoms. The van der Waals surface area contributed by atoms with Crippen LogP contribution in [0.5, 0.6) is 5.75 Å². The van der Waals surface area contributed by atoms with Gasteiger partial charge in [-0.15, -0.1) is 0 Å². The number of rotatable bonds is 5. The fourth-order valence-corrected chi connectivity index (χ4v) is 3.22. The number of carbonyl (C=O) groups is 1. The fraction of sp³-hybridized carbons (Fsp3) is 0.444. The Balaban J connectivity index is 1.71. The number of phenolic OH excluding ortho intramolecular Hbond substituents is 1. The topological polar surface area (TPSA) is 67.6 Å². The lowest BCUT2D eigenvalue weighted by Gasteiger charge is -2.32. The fourth-order valence-electron chi connectivity index (χ4n) is 3.22. The molecule has 0 saturated carbocycles. The second kappa shape index (κ2) is 7.49. The van der Waals surface area contributed by atoms with Gasteiger partial charge in [0.2, 0.25) is 0 Å². The zero-order valence-electron chi connectivity index (χ0n) is 13.9. The third-order valence-electron chi connectivity index (χ3n) is 4.47. The van der Waals surface area contributed by atoms with Gasteiger partial charge in [-0.3, -0.25) is 4.79 Å². The maximum atomic E-state index is 12.7. The van der Waals surface area contributed by atoms with Crippen molar-refractivity contribution in [1.82, 2.24) is 14.5 Å². The molecule has 1 aromatic carbocycles. The van der Waals surface area contributed by atoms with E-state index in [1.54, 1.807) is 31.4 Å². The third-order valence-corrected chi connectivity index (χ3v) is 4.47. The molecule has 1 atom stereocenters. The van der Waals surface area contributed by atoms with Crippen molar-refractivity contribution in [1.29, 1.82) is 0 Å².